The average Bonchev–Trinajstić information content (AvgIpc) is 2.85. The number of hydrogen-bond donors (Lipinski definition) is 1. The summed E-state index contributed by atoms with van der Waals surface area (Å²) in [6.45, 7) is 1.79. The Hall–Kier alpha value is -3.48. The van der Waals surface area contributed by atoms with Crippen LogP contribution in [0.25, 0.3) is 22.3 Å². The molecular weight excluding hydrogens is 477 g/mol. The molecule has 1 N–H and O–H groups in total. The Labute approximate surface area is 206 Å². The van der Waals surface area contributed by atoms with E-state index in [1.807, 2.05) is 0 Å². The largest absolute Gasteiger partial charge is 0.497 e. The first-order chi connectivity index (χ1) is 16.4. The van der Waals surface area contributed by atoms with Crippen LogP contribution < -0.4 is 20.2 Å². The number of nitrogens with one attached hydrogen (secondary N) is 1. The molecule has 1 aromatic heterocycles. The third kappa shape index (κ3) is 4.88. The van der Waals surface area contributed by atoms with E-state index in [-0.39, 0.29) is 16.9 Å². The van der Waals surface area contributed by atoms with Gasteiger partial charge in [0.1, 0.15) is 11.3 Å². The average molecular weight is 498 g/mol. The molecule has 1 amide bonds. The number of methoxy groups -OCH3 is 1. The van der Waals surface area contributed by atoms with Gasteiger partial charge < -0.3 is 19.2 Å². The highest BCUT2D eigenvalue weighted by atomic mass is 35.5. The van der Waals surface area contributed by atoms with Crippen molar-refractivity contribution in [1.29, 1.82) is 0 Å². The van der Waals surface area contributed by atoms with Gasteiger partial charge in [0.2, 0.25) is 11.2 Å². The first-order valence-corrected chi connectivity index (χ1v) is 11.3. The zero-order valence-electron chi connectivity index (χ0n) is 18.4. The van der Waals surface area contributed by atoms with Gasteiger partial charge in [0.25, 0.3) is 5.91 Å². The molecular formula is C26H21Cl2NO5. The van der Waals surface area contributed by atoms with Crippen LogP contribution in [-0.4, -0.2) is 19.1 Å². The summed E-state index contributed by atoms with van der Waals surface area (Å²) in [7, 11) is 1.57. The molecule has 1 atom stereocenters. The van der Waals surface area contributed by atoms with Crippen LogP contribution in [0.5, 0.6) is 11.5 Å². The smallest absolute Gasteiger partial charge is 0.265 e. The Kier molecular flexibility index (Phi) is 7.10. The van der Waals surface area contributed by atoms with Gasteiger partial charge in [-0.3, -0.25) is 9.59 Å². The highest BCUT2D eigenvalue weighted by molar-refractivity contribution is 6.42. The van der Waals surface area contributed by atoms with Crippen molar-refractivity contribution in [2.75, 3.05) is 12.4 Å². The van der Waals surface area contributed by atoms with E-state index in [1.165, 1.54) is 0 Å². The molecule has 1 heterocycles. The molecule has 1 unspecified atom stereocenters. The molecule has 3 aromatic carbocycles. The summed E-state index contributed by atoms with van der Waals surface area (Å²) in [6, 6.07) is 18.7. The number of ether oxygens (including phenoxy) is 2. The van der Waals surface area contributed by atoms with Crippen molar-refractivity contribution >= 4 is 45.8 Å². The maximum Gasteiger partial charge on any atom is 0.265 e. The zero-order valence-corrected chi connectivity index (χ0v) is 19.9. The number of halogens is 2. The molecule has 0 saturated carbocycles. The number of para-hydroxylation sites is 1. The van der Waals surface area contributed by atoms with Gasteiger partial charge in [0.05, 0.1) is 22.5 Å². The Bertz CT molecular complexity index is 1400. The van der Waals surface area contributed by atoms with Gasteiger partial charge in [-0.15, -0.1) is 0 Å². The van der Waals surface area contributed by atoms with Crippen LogP contribution in [0.15, 0.2) is 75.9 Å². The maximum absolute atomic E-state index is 13.4. The minimum absolute atomic E-state index is 0.0417. The van der Waals surface area contributed by atoms with E-state index in [0.29, 0.717) is 44.4 Å². The van der Waals surface area contributed by atoms with E-state index in [0.717, 1.165) is 0 Å². The van der Waals surface area contributed by atoms with Gasteiger partial charge in [-0.1, -0.05) is 42.3 Å². The third-order valence-electron chi connectivity index (χ3n) is 5.22. The number of benzene rings is 3. The van der Waals surface area contributed by atoms with Crippen molar-refractivity contribution in [3.63, 3.8) is 0 Å². The fraction of sp³-hybridized carbons (Fsp3) is 0.154. The summed E-state index contributed by atoms with van der Waals surface area (Å²) >= 11 is 12.0. The van der Waals surface area contributed by atoms with Gasteiger partial charge in [0, 0.05) is 11.3 Å². The molecule has 0 aliphatic carbocycles. The van der Waals surface area contributed by atoms with Gasteiger partial charge in [-0.2, -0.15) is 0 Å². The summed E-state index contributed by atoms with van der Waals surface area (Å²) in [5.74, 6) is 0.406. The molecule has 0 aliphatic rings. The Balaban J connectivity index is 1.73. The van der Waals surface area contributed by atoms with E-state index < -0.39 is 12.0 Å². The second-order valence-corrected chi connectivity index (χ2v) is 8.26. The van der Waals surface area contributed by atoms with E-state index in [9.17, 15) is 9.59 Å². The number of amides is 1. The monoisotopic (exact) mass is 497 g/mol. The predicted octanol–water partition coefficient (Wildman–Crippen LogP) is 6.57. The summed E-state index contributed by atoms with van der Waals surface area (Å²) in [4.78, 5) is 26.4. The SMILES string of the molecule is CCC(Oc1c(-c2ccc(OC)cc2)oc2ccccc2c1=O)C(=O)Nc1ccc(Cl)c(Cl)c1. The number of rotatable bonds is 7. The first-order valence-electron chi connectivity index (χ1n) is 10.5. The van der Waals surface area contributed by atoms with E-state index in [4.69, 9.17) is 37.1 Å². The van der Waals surface area contributed by atoms with Crippen LogP contribution in [0.3, 0.4) is 0 Å². The van der Waals surface area contributed by atoms with Gasteiger partial charge >= 0.3 is 0 Å². The number of carbonyl (C=O) groups excluding carboxylic acids is 1. The van der Waals surface area contributed by atoms with Crippen molar-refractivity contribution in [3.05, 3.63) is 87.0 Å². The summed E-state index contributed by atoms with van der Waals surface area (Å²) in [6.07, 6.45) is -0.655. The van der Waals surface area contributed by atoms with Crippen LogP contribution in [0.1, 0.15) is 13.3 Å². The first kappa shape index (κ1) is 23.7. The summed E-state index contributed by atoms with van der Waals surface area (Å²) < 4.78 is 17.3. The molecule has 8 heteroatoms. The lowest BCUT2D eigenvalue weighted by Gasteiger charge is -2.19. The van der Waals surface area contributed by atoms with Crippen LogP contribution >= 0.6 is 23.2 Å². The molecule has 0 saturated heterocycles. The van der Waals surface area contributed by atoms with Gasteiger partial charge in [-0.05, 0) is 61.0 Å². The molecule has 0 bridgehead atoms. The van der Waals surface area contributed by atoms with Gasteiger partial charge in [-0.25, -0.2) is 0 Å². The Morgan fingerprint density at radius 1 is 1.03 bits per heavy atom. The number of fused-ring (bicyclic) bond motifs is 1. The molecule has 174 valence electrons. The molecule has 0 spiro atoms. The normalized spacial score (nSPS) is 11.8. The van der Waals surface area contributed by atoms with Crippen molar-refractivity contribution in [3.8, 4) is 22.8 Å². The van der Waals surface area contributed by atoms with Gasteiger partial charge in [0.15, 0.2) is 11.9 Å². The lowest BCUT2D eigenvalue weighted by Crippen LogP contribution is -2.34. The predicted molar refractivity (Wildman–Crippen MR) is 134 cm³/mol. The Morgan fingerprint density at radius 3 is 2.44 bits per heavy atom. The highest BCUT2D eigenvalue weighted by Gasteiger charge is 2.25. The van der Waals surface area contributed by atoms with Crippen molar-refractivity contribution in [1.82, 2.24) is 0 Å². The molecule has 4 rings (SSSR count). The number of anilines is 1. The van der Waals surface area contributed by atoms with Crippen LogP contribution in [0.4, 0.5) is 5.69 Å². The number of hydrogen-bond acceptors (Lipinski definition) is 5. The Morgan fingerprint density at radius 2 is 1.76 bits per heavy atom. The zero-order chi connectivity index (χ0) is 24.2. The van der Waals surface area contributed by atoms with Crippen molar-refractivity contribution < 1.29 is 18.7 Å². The summed E-state index contributed by atoms with van der Waals surface area (Å²) in [5.41, 5.74) is 1.12. The second kappa shape index (κ2) is 10.2. The lowest BCUT2D eigenvalue weighted by molar-refractivity contribution is -0.122. The molecule has 4 aromatic rings. The maximum atomic E-state index is 13.4. The number of carbonyl (C=O) groups is 1. The fourth-order valence-corrected chi connectivity index (χ4v) is 3.72. The molecule has 34 heavy (non-hydrogen) atoms. The van der Waals surface area contributed by atoms with E-state index in [2.05, 4.69) is 5.32 Å². The molecule has 0 aliphatic heterocycles. The molecule has 0 radical (unpaired) electrons. The van der Waals surface area contributed by atoms with Crippen LogP contribution in [0.2, 0.25) is 10.0 Å². The van der Waals surface area contributed by atoms with Crippen molar-refractivity contribution in [2.24, 2.45) is 0 Å². The second-order valence-electron chi connectivity index (χ2n) is 7.45. The molecule has 0 fully saturated rings. The minimum Gasteiger partial charge on any atom is -0.497 e. The van der Waals surface area contributed by atoms with Crippen molar-refractivity contribution in [2.45, 2.75) is 19.4 Å². The van der Waals surface area contributed by atoms with Crippen LogP contribution in [0, 0.1) is 0 Å². The van der Waals surface area contributed by atoms with E-state index in [1.54, 1.807) is 80.8 Å². The fourth-order valence-electron chi connectivity index (χ4n) is 3.43. The minimum atomic E-state index is -0.962. The van der Waals surface area contributed by atoms with E-state index >= 15 is 0 Å². The standard InChI is InChI=1S/C26H21Cl2NO5/c1-3-21(26(31)29-16-10-13-19(27)20(28)14-16)33-25-23(30)18-6-4-5-7-22(18)34-24(25)15-8-11-17(32-2)12-9-15/h4-14,21H,3H2,1-2H3,(H,29,31). The summed E-state index contributed by atoms with van der Waals surface area (Å²) in [5, 5.41) is 3.80. The molecule has 6 nitrogen and oxygen atoms in total. The lowest BCUT2D eigenvalue weighted by atomic mass is 10.1. The topological polar surface area (TPSA) is 77.8 Å². The van der Waals surface area contributed by atoms with Crippen LogP contribution in [-0.2, 0) is 4.79 Å². The quantitative estimate of drug-likeness (QED) is 0.312. The highest BCUT2D eigenvalue weighted by Crippen LogP contribution is 2.33. The third-order valence-corrected chi connectivity index (χ3v) is 5.96.